The van der Waals surface area contributed by atoms with Crippen molar-refractivity contribution in [1.29, 1.82) is 0 Å². The Balaban J connectivity index is 1.72. The fourth-order valence-electron chi connectivity index (χ4n) is 2.30. The fraction of sp³-hybridized carbons (Fsp3) is 0.111. The second-order valence-corrected chi connectivity index (χ2v) is 5.93. The summed E-state index contributed by atoms with van der Waals surface area (Å²) in [6.07, 6.45) is -0.0573. The molecule has 0 saturated carbocycles. The first kappa shape index (κ1) is 17.1. The van der Waals surface area contributed by atoms with Crippen molar-refractivity contribution in [1.82, 2.24) is 5.16 Å². The van der Waals surface area contributed by atoms with Gasteiger partial charge in [0, 0.05) is 22.8 Å². The molecule has 0 aliphatic heterocycles. The zero-order chi connectivity index (χ0) is 18.0. The lowest BCUT2D eigenvalue weighted by atomic mass is 10.1. The van der Waals surface area contributed by atoms with Gasteiger partial charge in [-0.3, -0.25) is 4.79 Å². The van der Waals surface area contributed by atoms with E-state index >= 15 is 0 Å². The lowest BCUT2D eigenvalue weighted by Gasteiger charge is -2.07. The standard InChI is InChI=1S/C18H13ClF2N2O2/c1-10-2-3-11(19)6-16(10)22-18(24)9-13-8-17(25-23-13)14-5-4-12(20)7-15(14)21/h2-8H,9H2,1H3,(H,22,24). The summed E-state index contributed by atoms with van der Waals surface area (Å²) in [5.41, 5.74) is 1.87. The van der Waals surface area contributed by atoms with Crippen LogP contribution in [0, 0.1) is 18.6 Å². The maximum absolute atomic E-state index is 13.8. The van der Waals surface area contributed by atoms with Crippen LogP contribution in [0.5, 0.6) is 0 Å². The maximum atomic E-state index is 13.8. The summed E-state index contributed by atoms with van der Waals surface area (Å²) in [5, 5.41) is 7.00. The van der Waals surface area contributed by atoms with Crippen LogP contribution in [-0.2, 0) is 11.2 Å². The number of hydrogen-bond donors (Lipinski definition) is 1. The molecule has 25 heavy (non-hydrogen) atoms. The van der Waals surface area contributed by atoms with Gasteiger partial charge in [-0.05, 0) is 36.8 Å². The Hall–Kier alpha value is -2.73. The number of aryl methyl sites for hydroxylation is 1. The molecule has 0 aliphatic carbocycles. The molecule has 1 heterocycles. The molecule has 2 aromatic carbocycles. The second kappa shape index (κ2) is 7.03. The van der Waals surface area contributed by atoms with Crippen LogP contribution in [0.2, 0.25) is 5.02 Å². The second-order valence-electron chi connectivity index (χ2n) is 5.49. The van der Waals surface area contributed by atoms with Crippen LogP contribution in [0.1, 0.15) is 11.3 Å². The fourth-order valence-corrected chi connectivity index (χ4v) is 2.47. The van der Waals surface area contributed by atoms with Crippen molar-refractivity contribution in [3.63, 3.8) is 0 Å². The molecule has 0 spiro atoms. The zero-order valence-corrected chi connectivity index (χ0v) is 13.9. The third kappa shape index (κ3) is 4.03. The van der Waals surface area contributed by atoms with E-state index in [1.165, 1.54) is 12.1 Å². The van der Waals surface area contributed by atoms with Crippen LogP contribution in [0.3, 0.4) is 0 Å². The summed E-state index contributed by atoms with van der Waals surface area (Å²) in [5.74, 6) is -1.64. The van der Waals surface area contributed by atoms with Gasteiger partial charge in [-0.2, -0.15) is 0 Å². The van der Waals surface area contributed by atoms with Gasteiger partial charge in [-0.15, -0.1) is 0 Å². The van der Waals surface area contributed by atoms with E-state index in [0.29, 0.717) is 16.4 Å². The molecule has 1 aromatic heterocycles. The highest BCUT2D eigenvalue weighted by Crippen LogP contribution is 2.25. The Bertz CT molecular complexity index is 941. The van der Waals surface area contributed by atoms with Crippen molar-refractivity contribution in [2.45, 2.75) is 13.3 Å². The lowest BCUT2D eigenvalue weighted by molar-refractivity contribution is -0.115. The molecule has 1 amide bonds. The summed E-state index contributed by atoms with van der Waals surface area (Å²) in [4.78, 5) is 12.1. The van der Waals surface area contributed by atoms with E-state index in [0.717, 1.165) is 17.7 Å². The molecule has 3 rings (SSSR count). The Kier molecular flexibility index (Phi) is 4.81. The molecule has 4 nitrogen and oxygen atoms in total. The molecule has 128 valence electrons. The number of nitrogens with zero attached hydrogens (tertiary/aromatic N) is 1. The Morgan fingerprint density at radius 3 is 2.76 bits per heavy atom. The first-order valence-corrected chi connectivity index (χ1v) is 7.77. The molecule has 0 unspecified atom stereocenters. The summed E-state index contributed by atoms with van der Waals surface area (Å²) < 4.78 is 31.8. The van der Waals surface area contributed by atoms with E-state index < -0.39 is 11.6 Å². The van der Waals surface area contributed by atoms with Gasteiger partial charge in [0.1, 0.15) is 11.6 Å². The van der Waals surface area contributed by atoms with Crippen molar-refractivity contribution in [2.24, 2.45) is 0 Å². The van der Waals surface area contributed by atoms with Crippen LogP contribution in [0.25, 0.3) is 11.3 Å². The number of rotatable bonds is 4. The topological polar surface area (TPSA) is 55.1 Å². The first-order valence-electron chi connectivity index (χ1n) is 7.39. The van der Waals surface area contributed by atoms with E-state index in [1.54, 1.807) is 18.2 Å². The van der Waals surface area contributed by atoms with Crippen LogP contribution < -0.4 is 5.32 Å². The molecule has 0 bridgehead atoms. The minimum atomic E-state index is -0.762. The minimum absolute atomic E-state index is 0.0573. The van der Waals surface area contributed by atoms with Gasteiger partial charge in [0.2, 0.25) is 5.91 Å². The van der Waals surface area contributed by atoms with E-state index in [4.69, 9.17) is 16.1 Å². The SMILES string of the molecule is Cc1ccc(Cl)cc1NC(=O)Cc1cc(-c2ccc(F)cc2F)on1. The Labute approximate surface area is 147 Å². The molecule has 1 N–H and O–H groups in total. The first-order chi connectivity index (χ1) is 11.9. The number of aromatic nitrogens is 1. The predicted octanol–water partition coefficient (Wildman–Crippen LogP) is 4.76. The smallest absolute Gasteiger partial charge is 0.230 e. The molecule has 0 radical (unpaired) electrons. The van der Waals surface area contributed by atoms with E-state index in [2.05, 4.69) is 10.5 Å². The van der Waals surface area contributed by atoms with E-state index in [9.17, 15) is 13.6 Å². The average Bonchev–Trinajstić information content (AvgIpc) is 2.99. The number of hydrogen-bond acceptors (Lipinski definition) is 3. The van der Waals surface area contributed by atoms with E-state index in [-0.39, 0.29) is 23.7 Å². The number of carbonyl (C=O) groups is 1. The van der Waals surface area contributed by atoms with Gasteiger partial charge in [-0.1, -0.05) is 22.8 Å². The molecule has 0 fully saturated rings. The highest BCUT2D eigenvalue weighted by atomic mass is 35.5. The van der Waals surface area contributed by atoms with Crippen LogP contribution in [-0.4, -0.2) is 11.1 Å². The van der Waals surface area contributed by atoms with Crippen LogP contribution in [0.4, 0.5) is 14.5 Å². The minimum Gasteiger partial charge on any atom is -0.356 e. The summed E-state index contributed by atoms with van der Waals surface area (Å²) in [7, 11) is 0. The number of benzene rings is 2. The summed E-state index contributed by atoms with van der Waals surface area (Å²) in [6.45, 7) is 1.84. The third-order valence-corrected chi connectivity index (χ3v) is 3.81. The maximum Gasteiger partial charge on any atom is 0.230 e. The van der Waals surface area contributed by atoms with Crippen molar-refractivity contribution in [3.8, 4) is 11.3 Å². The monoisotopic (exact) mass is 362 g/mol. The molecular formula is C18H13ClF2N2O2. The van der Waals surface area contributed by atoms with Gasteiger partial charge in [0.05, 0.1) is 17.7 Å². The highest BCUT2D eigenvalue weighted by Gasteiger charge is 2.15. The third-order valence-electron chi connectivity index (χ3n) is 3.57. The van der Waals surface area contributed by atoms with Gasteiger partial charge in [0.25, 0.3) is 0 Å². The van der Waals surface area contributed by atoms with Crippen LogP contribution in [0.15, 0.2) is 47.0 Å². The molecule has 0 atom stereocenters. The number of halogens is 3. The van der Waals surface area contributed by atoms with Crippen LogP contribution >= 0.6 is 11.6 Å². The normalized spacial score (nSPS) is 10.7. The van der Waals surface area contributed by atoms with Crippen molar-refractivity contribution < 1.29 is 18.1 Å². The average molecular weight is 363 g/mol. The predicted molar refractivity (Wildman–Crippen MR) is 90.4 cm³/mol. The van der Waals surface area contributed by atoms with E-state index in [1.807, 2.05) is 6.92 Å². The van der Waals surface area contributed by atoms with Crippen molar-refractivity contribution in [3.05, 3.63) is 70.4 Å². The number of amides is 1. The molecule has 7 heteroatoms. The van der Waals surface area contributed by atoms with Gasteiger partial charge in [-0.25, -0.2) is 8.78 Å². The van der Waals surface area contributed by atoms with Gasteiger partial charge in [0.15, 0.2) is 5.76 Å². The summed E-state index contributed by atoms with van der Waals surface area (Å²) >= 11 is 5.92. The summed E-state index contributed by atoms with van der Waals surface area (Å²) in [6, 6.07) is 9.75. The Morgan fingerprint density at radius 1 is 1.20 bits per heavy atom. The number of anilines is 1. The largest absolute Gasteiger partial charge is 0.356 e. The molecular weight excluding hydrogens is 350 g/mol. The highest BCUT2D eigenvalue weighted by molar-refractivity contribution is 6.31. The molecule has 3 aromatic rings. The molecule has 0 aliphatic rings. The molecule has 0 saturated heterocycles. The van der Waals surface area contributed by atoms with Crippen molar-refractivity contribution in [2.75, 3.05) is 5.32 Å². The Morgan fingerprint density at radius 2 is 2.00 bits per heavy atom. The van der Waals surface area contributed by atoms with Crippen molar-refractivity contribution >= 4 is 23.2 Å². The quantitative estimate of drug-likeness (QED) is 0.727. The zero-order valence-electron chi connectivity index (χ0n) is 13.1. The van der Waals surface area contributed by atoms with Gasteiger partial charge < -0.3 is 9.84 Å². The number of carbonyl (C=O) groups excluding carboxylic acids is 1. The number of nitrogens with one attached hydrogen (secondary N) is 1. The van der Waals surface area contributed by atoms with Gasteiger partial charge >= 0.3 is 0 Å². The lowest BCUT2D eigenvalue weighted by Crippen LogP contribution is -2.15.